The summed E-state index contributed by atoms with van der Waals surface area (Å²) >= 11 is 1.68. The maximum absolute atomic E-state index is 5.81. The number of thioether (sulfide) groups is 1. The molecule has 0 radical (unpaired) electrons. The van der Waals surface area contributed by atoms with Gasteiger partial charge in [0.1, 0.15) is 5.75 Å². The number of hydrogen-bond acceptors (Lipinski definition) is 4. The number of nitrogen functional groups attached to an aromatic ring is 1. The third-order valence-corrected chi connectivity index (χ3v) is 3.46. The average Bonchev–Trinajstić information content (AvgIpc) is 2.37. The van der Waals surface area contributed by atoms with Gasteiger partial charge in [0.2, 0.25) is 0 Å². The fourth-order valence-electron chi connectivity index (χ4n) is 1.54. The second-order valence-corrected chi connectivity index (χ2v) is 5.06. The van der Waals surface area contributed by atoms with Crippen molar-refractivity contribution in [1.82, 2.24) is 4.98 Å². The van der Waals surface area contributed by atoms with Crippen molar-refractivity contribution in [2.24, 2.45) is 0 Å². The highest BCUT2D eigenvalue weighted by atomic mass is 32.2. The molecule has 0 amide bonds. The molecule has 18 heavy (non-hydrogen) atoms. The number of benzene rings is 1. The number of aromatic nitrogens is 1. The zero-order valence-corrected chi connectivity index (χ0v) is 11.1. The summed E-state index contributed by atoms with van der Waals surface area (Å²) in [7, 11) is 0. The van der Waals surface area contributed by atoms with Crippen molar-refractivity contribution in [3.05, 3.63) is 48.3 Å². The Labute approximate surface area is 111 Å². The van der Waals surface area contributed by atoms with E-state index in [9.17, 15) is 0 Å². The lowest BCUT2D eigenvalue weighted by Crippen LogP contribution is -2.00. The highest BCUT2D eigenvalue weighted by Gasteiger charge is 1.99. The van der Waals surface area contributed by atoms with Crippen LogP contribution in [0.25, 0.3) is 0 Å². The fourth-order valence-corrected chi connectivity index (χ4v) is 2.30. The summed E-state index contributed by atoms with van der Waals surface area (Å²) in [4.78, 5) is 5.01. The van der Waals surface area contributed by atoms with Gasteiger partial charge in [-0.1, -0.05) is 12.1 Å². The van der Waals surface area contributed by atoms with Gasteiger partial charge in [-0.05, 0) is 30.7 Å². The highest BCUT2D eigenvalue weighted by molar-refractivity contribution is 7.99. The van der Waals surface area contributed by atoms with Crippen LogP contribution in [0.4, 0.5) is 5.69 Å². The van der Waals surface area contributed by atoms with E-state index < -0.39 is 0 Å². The van der Waals surface area contributed by atoms with Crippen LogP contribution in [-0.2, 0) is 0 Å². The number of nitrogens with zero attached hydrogens (tertiary/aromatic N) is 1. The molecule has 1 aromatic heterocycles. The molecule has 3 nitrogen and oxygen atoms in total. The summed E-state index contributed by atoms with van der Waals surface area (Å²) in [5.74, 6) is 1.78. The monoisotopic (exact) mass is 260 g/mol. The normalized spacial score (nSPS) is 10.3. The van der Waals surface area contributed by atoms with Crippen LogP contribution in [0.3, 0.4) is 0 Å². The number of aryl methyl sites for hydroxylation is 1. The van der Waals surface area contributed by atoms with Crippen LogP contribution >= 0.6 is 11.8 Å². The number of ether oxygens (including phenoxy) is 1. The molecule has 0 aliphatic carbocycles. The first-order valence-electron chi connectivity index (χ1n) is 5.77. The van der Waals surface area contributed by atoms with E-state index in [4.69, 9.17) is 10.5 Å². The van der Waals surface area contributed by atoms with Crippen LogP contribution in [-0.4, -0.2) is 17.3 Å². The van der Waals surface area contributed by atoms with Crippen molar-refractivity contribution in [2.45, 2.75) is 11.8 Å². The van der Waals surface area contributed by atoms with Crippen LogP contribution < -0.4 is 10.5 Å². The molecule has 94 valence electrons. The zero-order valence-electron chi connectivity index (χ0n) is 10.3. The summed E-state index contributed by atoms with van der Waals surface area (Å²) in [6.07, 6.45) is 3.42. The second-order valence-electron chi connectivity index (χ2n) is 3.93. The molecule has 2 N–H and O–H groups in total. The molecule has 4 heteroatoms. The molecule has 2 aromatic rings. The van der Waals surface area contributed by atoms with Gasteiger partial charge in [0, 0.05) is 16.8 Å². The summed E-state index contributed by atoms with van der Waals surface area (Å²) < 4.78 is 5.67. The van der Waals surface area contributed by atoms with E-state index in [0.29, 0.717) is 6.61 Å². The molecule has 0 spiro atoms. The molecular formula is C14H16N2OS. The minimum absolute atomic E-state index is 0.663. The van der Waals surface area contributed by atoms with Gasteiger partial charge in [-0.2, -0.15) is 0 Å². The van der Waals surface area contributed by atoms with E-state index in [2.05, 4.69) is 18.0 Å². The van der Waals surface area contributed by atoms with Crippen LogP contribution in [0.2, 0.25) is 0 Å². The van der Waals surface area contributed by atoms with Gasteiger partial charge in [0.25, 0.3) is 0 Å². The van der Waals surface area contributed by atoms with Crippen molar-refractivity contribution < 1.29 is 4.74 Å². The number of hydrogen-bond donors (Lipinski definition) is 1. The van der Waals surface area contributed by atoms with E-state index in [0.717, 1.165) is 22.1 Å². The standard InChI is InChI=1S/C14H16N2OS/c1-11-3-2-4-12(9-11)17-7-8-18-14-5-6-16-10-13(14)15/h2-6,9-10H,7-8,15H2,1H3. The van der Waals surface area contributed by atoms with Gasteiger partial charge in [-0.3, -0.25) is 4.98 Å². The topological polar surface area (TPSA) is 48.1 Å². The lowest BCUT2D eigenvalue weighted by Gasteiger charge is -2.07. The highest BCUT2D eigenvalue weighted by Crippen LogP contribution is 2.23. The summed E-state index contributed by atoms with van der Waals surface area (Å²) in [5.41, 5.74) is 7.74. The minimum atomic E-state index is 0.663. The average molecular weight is 260 g/mol. The van der Waals surface area contributed by atoms with E-state index in [-0.39, 0.29) is 0 Å². The quantitative estimate of drug-likeness (QED) is 0.662. The molecule has 0 aliphatic heterocycles. The number of nitrogens with two attached hydrogens (primary N) is 1. The Morgan fingerprint density at radius 2 is 2.22 bits per heavy atom. The van der Waals surface area contributed by atoms with Crippen LogP contribution in [0.1, 0.15) is 5.56 Å². The maximum atomic E-state index is 5.81. The summed E-state index contributed by atoms with van der Waals surface area (Å²) in [6, 6.07) is 9.98. The summed E-state index contributed by atoms with van der Waals surface area (Å²) in [5, 5.41) is 0. The van der Waals surface area contributed by atoms with Gasteiger partial charge in [-0.25, -0.2) is 0 Å². The van der Waals surface area contributed by atoms with Crippen LogP contribution in [0.5, 0.6) is 5.75 Å². The molecule has 0 aliphatic rings. The Bertz CT molecular complexity index is 517. The second kappa shape index (κ2) is 6.31. The molecule has 0 saturated heterocycles. The van der Waals surface area contributed by atoms with Gasteiger partial charge in [-0.15, -0.1) is 11.8 Å². The third kappa shape index (κ3) is 3.67. The Morgan fingerprint density at radius 3 is 3.00 bits per heavy atom. The largest absolute Gasteiger partial charge is 0.493 e. The third-order valence-electron chi connectivity index (χ3n) is 2.41. The molecule has 0 bridgehead atoms. The molecule has 1 heterocycles. The lowest BCUT2D eigenvalue weighted by molar-refractivity contribution is 0.344. The van der Waals surface area contributed by atoms with Gasteiger partial charge in [0.15, 0.2) is 0 Å². The van der Waals surface area contributed by atoms with Crippen molar-refractivity contribution >= 4 is 17.4 Å². The predicted octanol–water partition coefficient (Wildman–Crippen LogP) is 3.14. The predicted molar refractivity (Wildman–Crippen MR) is 76.0 cm³/mol. The maximum Gasteiger partial charge on any atom is 0.119 e. The molecular weight excluding hydrogens is 244 g/mol. The Hall–Kier alpha value is -1.68. The number of pyridine rings is 1. The number of rotatable bonds is 5. The number of anilines is 1. The van der Waals surface area contributed by atoms with Gasteiger partial charge in [0.05, 0.1) is 18.5 Å². The van der Waals surface area contributed by atoms with E-state index in [1.807, 2.05) is 24.3 Å². The summed E-state index contributed by atoms with van der Waals surface area (Å²) in [6.45, 7) is 2.72. The first-order valence-corrected chi connectivity index (χ1v) is 6.76. The molecule has 0 unspecified atom stereocenters. The molecule has 0 saturated carbocycles. The van der Waals surface area contributed by atoms with Crippen molar-refractivity contribution in [3.63, 3.8) is 0 Å². The van der Waals surface area contributed by atoms with Crippen molar-refractivity contribution in [3.8, 4) is 5.75 Å². The molecule has 1 aromatic carbocycles. The SMILES string of the molecule is Cc1cccc(OCCSc2ccncc2N)c1. The zero-order chi connectivity index (χ0) is 12.8. The Balaban J connectivity index is 1.78. The van der Waals surface area contributed by atoms with E-state index >= 15 is 0 Å². The minimum Gasteiger partial charge on any atom is -0.493 e. The van der Waals surface area contributed by atoms with Crippen molar-refractivity contribution in [1.29, 1.82) is 0 Å². The Kier molecular flexibility index (Phi) is 4.47. The first-order chi connectivity index (χ1) is 8.75. The van der Waals surface area contributed by atoms with Crippen molar-refractivity contribution in [2.75, 3.05) is 18.1 Å². The van der Waals surface area contributed by atoms with E-state index in [1.54, 1.807) is 24.2 Å². The van der Waals surface area contributed by atoms with Gasteiger partial charge >= 0.3 is 0 Å². The Morgan fingerprint density at radius 1 is 1.33 bits per heavy atom. The van der Waals surface area contributed by atoms with Gasteiger partial charge < -0.3 is 10.5 Å². The first kappa shape index (κ1) is 12.8. The molecule has 0 fully saturated rings. The molecule has 2 rings (SSSR count). The van der Waals surface area contributed by atoms with E-state index in [1.165, 1.54) is 5.56 Å². The van der Waals surface area contributed by atoms with Crippen LogP contribution in [0, 0.1) is 6.92 Å². The smallest absolute Gasteiger partial charge is 0.119 e. The molecule has 0 atom stereocenters. The fraction of sp³-hybridized carbons (Fsp3) is 0.214. The lowest BCUT2D eigenvalue weighted by atomic mass is 10.2. The van der Waals surface area contributed by atoms with Crippen LogP contribution in [0.15, 0.2) is 47.6 Å².